The molecule has 7 nitrogen and oxygen atoms in total. The lowest BCUT2D eigenvalue weighted by Gasteiger charge is -2.12. The van der Waals surface area contributed by atoms with Crippen molar-refractivity contribution >= 4 is 23.5 Å². The molecule has 7 heteroatoms. The first-order chi connectivity index (χ1) is 15.1. The minimum Gasteiger partial charge on any atom is -0.495 e. The van der Waals surface area contributed by atoms with Gasteiger partial charge in [-0.05, 0) is 60.5 Å². The molecule has 0 radical (unpaired) electrons. The largest absolute Gasteiger partial charge is 0.495 e. The van der Waals surface area contributed by atoms with Crippen LogP contribution in [-0.4, -0.2) is 32.9 Å². The number of rotatable bonds is 9. The summed E-state index contributed by atoms with van der Waals surface area (Å²) in [5, 5.41) is 7.02. The minimum atomic E-state index is -0.306. The van der Waals surface area contributed by atoms with E-state index in [-0.39, 0.29) is 12.5 Å². The number of hydrogen-bond acceptors (Lipinski definition) is 6. The Labute approximate surface area is 181 Å². The molecular formula is C24H25N3O4. The summed E-state index contributed by atoms with van der Waals surface area (Å²) in [4.78, 5) is 12.3. The van der Waals surface area contributed by atoms with Crippen molar-refractivity contribution < 1.29 is 19.0 Å². The van der Waals surface area contributed by atoms with Crippen molar-refractivity contribution in [2.24, 2.45) is 5.10 Å². The van der Waals surface area contributed by atoms with Crippen LogP contribution in [0.1, 0.15) is 11.1 Å². The van der Waals surface area contributed by atoms with E-state index < -0.39 is 0 Å². The lowest BCUT2D eigenvalue weighted by molar-refractivity contribution is -0.118. The molecule has 0 aliphatic carbocycles. The molecule has 160 valence electrons. The zero-order chi connectivity index (χ0) is 22.1. The van der Waals surface area contributed by atoms with Crippen molar-refractivity contribution in [2.45, 2.75) is 6.92 Å². The second-order valence-electron chi connectivity index (χ2n) is 6.69. The number of benzene rings is 3. The molecule has 0 unspecified atom stereocenters. The molecule has 0 saturated heterocycles. The van der Waals surface area contributed by atoms with Gasteiger partial charge in [-0.15, -0.1) is 0 Å². The highest BCUT2D eigenvalue weighted by molar-refractivity contribution is 5.93. The Hall–Kier alpha value is -4.00. The second kappa shape index (κ2) is 10.7. The number of hydrazone groups is 1. The third-order valence-electron chi connectivity index (χ3n) is 4.35. The number of para-hydroxylation sites is 2. The summed E-state index contributed by atoms with van der Waals surface area (Å²) in [6.45, 7) is 1.85. The predicted octanol–water partition coefficient (Wildman–Crippen LogP) is 4.48. The van der Waals surface area contributed by atoms with Gasteiger partial charge >= 0.3 is 0 Å². The number of methoxy groups -OCH3 is 2. The van der Waals surface area contributed by atoms with Crippen LogP contribution in [0.5, 0.6) is 17.2 Å². The maximum atomic E-state index is 12.3. The van der Waals surface area contributed by atoms with Gasteiger partial charge in [-0.1, -0.05) is 24.3 Å². The number of hydrogen-bond donors (Lipinski definition) is 2. The topological polar surface area (TPSA) is 81.2 Å². The summed E-state index contributed by atoms with van der Waals surface area (Å²) < 4.78 is 16.3. The summed E-state index contributed by atoms with van der Waals surface area (Å²) >= 11 is 0. The summed E-state index contributed by atoms with van der Waals surface area (Å²) in [5.41, 5.74) is 6.45. The highest BCUT2D eigenvalue weighted by Gasteiger charge is 2.10. The molecule has 0 aliphatic rings. The van der Waals surface area contributed by atoms with E-state index in [4.69, 9.17) is 14.2 Å². The minimum absolute atomic E-state index is 0.170. The Kier molecular flexibility index (Phi) is 7.48. The number of nitrogens with zero attached hydrogens (tertiary/aromatic N) is 1. The van der Waals surface area contributed by atoms with Gasteiger partial charge in [0.1, 0.15) is 5.75 Å². The van der Waals surface area contributed by atoms with E-state index in [2.05, 4.69) is 15.8 Å². The maximum absolute atomic E-state index is 12.3. The number of carbonyl (C=O) groups excluding carboxylic acids is 1. The van der Waals surface area contributed by atoms with Gasteiger partial charge in [0.2, 0.25) is 0 Å². The van der Waals surface area contributed by atoms with Crippen LogP contribution in [0.3, 0.4) is 0 Å². The van der Waals surface area contributed by atoms with Crippen LogP contribution in [0.25, 0.3) is 0 Å². The van der Waals surface area contributed by atoms with Crippen molar-refractivity contribution in [2.75, 3.05) is 31.6 Å². The van der Waals surface area contributed by atoms with Crippen LogP contribution >= 0.6 is 0 Å². The van der Waals surface area contributed by atoms with Crippen molar-refractivity contribution in [3.63, 3.8) is 0 Å². The molecule has 0 atom stereocenters. The monoisotopic (exact) mass is 419 g/mol. The Morgan fingerprint density at radius 2 is 1.74 bits per heavy atom. The maximum Gasteiger partial charge on any atom is 0.262 e. The molecule has 0 aliphatic heterocycles. The fourth-order valence-electron chi connectivity index (χ4n) is 2.86. The summed E-state index contributed by atoms with van der Waals surface area (Å²) in [6, 6.07) is 20.5. The van der Waals surface area contributed by atoms with Crippen molar-refractivity contribution in [1.82, 2.24) is 0 Å². The van der Waals surface area contributed by atoms with Gasteiger partial charge in [-0.3, -0.25) is 10.2 Å². The van der Waals surface area contributed by atoms with Crippen LogP contribution in [0.15, 0.2) is 71.8 Å². The average molecular weight is 419 g/mol. The van der Waals surface area contributed by atoms with Crippen molar-refractivity contribution in [1.29, 1.82) is 0 Å². The zero-order valence-corrected chi connectivity index (χ0v) is 17.7. The molecule has 0 aromatic heterocycles. The molecule has 31 heavy (non-hydrogen) atoms. The first-order valence-corrected chi connectivity index (χ1v) is 9.68. The highest BCUT2D eigenvalue weighted by atomic mass is 16.5. The fraction of sp³-hybridized carbons (Fsp3) is 0.167. The predicted molar refractivity (Wildman–Crippen MR) is 123 cm³/mol. The first kappa shape index (κ1) is 21.7. The Bertz CT molecular complexity index is 1070. The van der Waals surface area contributed by atoms with Gasteiger partial charge in [-0.25, -0.2) is 0 Å². The van der Waals surface area contributed by atoms with Crippen LogP contribution < -0.4 is 25.0 Å². The number of aryl methyl sites for hydroxylation is 1. The Morgan fingerprint density at radius 1 is 0.935 bits per heavy atom. The van der Waals surface area contributed by atoms with E-state index in [1.165, 1.54) is 0 Å². The summed E-state index contributed by atoms with van der Waals surface area (Å²) in [7, 11) is 3.09. The molecule has 2 N–H and O–H groups in total. The van der Waals surface area contributed by atoms with Crippen molar-refractivity contribution in [3.05, 3.63) is 77.9 Å². The van der Waals surface area contributed by atoms with Gasteiger partial charge in [0.05, 0.1) is 31.8 Å². The van der Waals surface area contributed by atoms with Gasteiger partial charge in [0.15, 0.2) is 18.1 Å². The van der Waals surface area contributed by atoms with Crippen LogP contribution in [0.4, 0.5) is 11.4 Å². The highest BCUT2D eigenvalue weighted by Crippen LogP contribution is 2.28. The van der Waals surface area contributed by atoms with E-state index in [1.54, 1.807) is 44.7 Å². The number of anilines is 2. The smallest absolute Gasteiger partial charge is 0.262 e. The third-order valence-corrected chi connectivity index (χ3v) is 4.35. The molecule has 3 aromatic rings. The lowest BCUT2D eigenvalue weighted by atomic mass is 10.2. The molecule has 3 aromatic carbocycles. The molecule has 3 rings (SSSR count). The Balaban J connectivity index is 1.59. The van der Waals surface area contributed by atoms with Gasteiger partial charge in [-0.2, -0.15) is 5.10 Å². The van der Waals surface area contributed by atoms with Gasteiger partial charge in [0, 0.05) is 0 Å². The quantitative estimate of drug-likeness (QED) is 0.395. The van der Waals surface area contributed by atoms with Crippen molar-refractivity contribution in [3.8, 4) is 17.2 Å². The summed E-state index contributed by atoms with van der Waals surface area (Å²) in [6.07, 6.45) is 1.68. The number of ether oxygens (including phenoxy) is 3. The van der Waals surface area contributed by atoms with E-state index >= 15 is 0 Å². The second-order valence-corrected chi connectivity index (χ2v) is 6.69. The first-order valence-electron chi connectivity index (χ1n) is 9.68. The molecule has 0 saturated carbocycles. The molecular weight excluding hydrogens is 394 g/mol. The molecule has 1 amide bonds. The number of nitrogens with one attached hydrogen (secondary N) is 2. The molecule has 0 spiro atoms. The normalized spacial score (nSPS) is 10.5. The summed E-state index contributed by atoms with van der Waals surface area (Å²) in [5.74, 6) is 1.24. The third kappa shape index (κ3) is 6.24. The average Bonchev–Trinajstić information content (AvgIpc) is 2.78. The Morgan fingerprint density at radius 3 is 2.52 bits per heavy atom. The standard InChI is InChI=1S/C24H25N3O4/c1-17-7-6-8-19(13-17)27-25-15-18-11-12-22(23(14-18)30-3)31-16-24(28)26-20-9-4-5-10-21(20)29-2/h4-15,27H,16H2,1-3H3,(H,26,28)/b25-15-. The SMILES string of the molecule is COc1ccccc1NC(=O)COc1ccc(/C=N\Nc2cccc(C)c2)cc1OC. The van der Waals surface area contributed by atoms with Crippen LogP contribution in [0, 0.1) is 6.92 Å². The fourth-order valence-corrected chi connectivity index (χ4v) is 2.86. The number of amides is 1. The molecule has 0 fully saturated rings. The molecule has 0 bridgehead atoms. The number of carbonyl (C=O) groups is 1. The van der Waals surface area contributed by atoms with E-state index in [9.17, 15) is 4.79 Å². The molecule has 0 heterocycles. The zero-order valence-electron chi connectivity index (χ0n) is 17.7. The van der Waals surface area contributed by atoms with E-state index in [0.29, 0.717) is 22.9 Å². The lowest BCUT2D eigenvalue weighted by Crippen LogP contribution is -2.20. The van der Waals surface area contributed by atoms with Gasteiger partial charge in [0.25, 0.3) is 5.91 Å². The van der Waals surface area contributed by atoms with Gasteiger partial charge < -0.3 is 19.5 Å². The van der Waals surface area contributed by atoms with Crippen LogP contribution in [-0.2, 0) is 4.79 Å². The van der Waals surface area contributed by atoms with E-state index in [1.807, 2.05) is 49.4 Å². The van der Waals surface area contributed by atoms with E-state index in [0.717, 1.165) is 16.8 Å². The van der Waals surface area contributed by atoms with Crippen LogP contribution in [0.2, 0.25) is 0 Å².